The van der Waals surface area contributed by atoms with Gasteiger partial charge >= 0.3 is 0 Å². The van der Waals surface area contributed by atoms with Crippen molar-refractivity contribution in [1.29, 1.82) is 0 Å². The molecule has 6 heteroatoms. The van der Waals surface area contributed by atoms with Crippen molar-refractivity contribution in [1.82, 2.24) is 5.32 Å². The number of carbonyl (C=O) groups is 2. The highest BCUT2D eigenvalue weighted by molar-refractivity contribution is 7.80. The van der Waals surface area contributed by atoms with Crippen molar-refractivity contribution in [3.05, 3.63) is 70.3 Å². The molecule has 1 N–H and O–H groups in total. The molecule has 5 nitrogen and oxygen atoms in total. The minimum absolute atomic E-state index is 0.0636. The summed E-state index contributed by atoms with van der Waals surface area (Å²) in [5.74, 6) is -0.899. The smallest absolute Gasteiger partial charge is 0.270 e. The molecule has 1 fully saturated rings. The van der Waals surface area contributed by atoms with E-state index in [1.165, 1.54) is 10.5 Å². The summed E-state index contributed by atoms with van der Waals surface area (Å²) in [6.45, 7) is 13.5. The van der Waals surface area contributed by atoms with Crippen LogP contribution in [0.4, 0.5) is 11.4 Å². The van der Waals surface area contributed by atoms with Crippen LogP contribution in [0.3, 0.4) is 0 Å². The molecule has 33 heavy (non-hydrogen) atoms. The molecule has 0 saturated carbocycles. The van der Waals surface area contributed by atoms with Crippen molar-refractivity contribution in [2.45, 2.75) is 47.1 Å². The van der Waals surface area contributed by atoms with E-state index in [9.17, 15) is 9.59 Å². The normalized spacial score (nSPS) is 18.9. The topological polar surface area (TPSA) is 52.7 Å². The minimum atomic E-state index is -0.479. The van der Waals surface area contributed by atoms with E-state index in [2.05, 4.69) is 50.1 Å². The van der Waals surface area contributed by atoms with Crippen molar-refractivity contribution in [3.8, 4) is 0 Å². The zero-order chi connectivity index (χ0) is 24.1. The van der Waals surface area contributed by atoms with Crippen LogP contribution in [-0.4, -0.2) is 29.0 Å². The van der Waals surface area contributed by atoms with Gasteiger partial charge in [0.2, 0.25) is 0 Å². The summed E-state index contributed by atoms with van der Waals surface area (Å²) in [5.41, 5.74) is 6.90. The molecule has 2 aromatic carbocycles. The summed E-state index contributed by atoms with van der Waals surface area (Å²) in [7, 11) is 0. The highest BCUT2D eigenvalue weighted by Crippen LogP contribution is 2.39. The summed E-state index contributed by atoms with van der Waals surface area (Å²) < 4.78 is 0. The van der Waals surface area contributed by atoms with Gasteiger partial charge in [0.1, 0.15) is 5.57 Å². The molecule has 0 aromatic heterocycles. The molecular formula is C27H29N3O2S. The Labute approximate surface area is 200 Å². The molecule has 170 valence electrons. The molecule has 0 spiro atoms. The fraction of sp³-hybridized carbons (Fsp3) is 0.296. The number of thiocarbonyl (C=S) groups is 1. The molecular weight excluding hydrogens is 430 g/mol. The molecule has 0 aliphatic carbocycles. The number of benzene rings is 2. The van der Waals surface area contributed by atoms with E-state index >= 15 is 0 Å². The lowest BCUT2D eigenvalue weighted by Gasteiger charge is -2.42. The van der Waals surface area contributed by atoms with Gasteiger partial charge in [0.15, 0.2) is 5.11 Å². The lowest BCUT2D eigenvalue weighted by atomic mass is 9.88. The van der Waals surface area contributed by atoms with Gasteiger partial charge in [0.25, 0.3) is 11.8 Å². The highest BCUT2D eigenvalue weighted by Gasteiger charge is 2.35. The number of hydrogen-bond acceptors (Lipinski definition) is 4. The van der Waals surface area contributed by atoms with Crippen LogP contribution in [0, 0.1) is 13.8 Å². The van der Waals surface area contributed by atoms with E-state index in [1.54, 1.807) is 6.08 Å². The third kappa shape index (κ3) is 4.00. The Kier molecular flexibility index (Phi) is 5.74. The number of nitrogens with zero attached hydrogens (tertiary/aromatic N) is 2. The zero-order valence-electron chi connectivity index (χ0n) is 19.9. The summed E-state index contributed by atoms with van der Waals surface area (Å²) in [6.07, 6.45) is 3.91. The van der Waals surface area contributed by atoms with E-state index in [0.717, 1.165) is 34.5 Å². The van der Waals surface area contributed by atoms with Crippen LogP contribution in [0.1, 0.15) is 49.9 Å². The van der Waals surface area contributed by atoms with Crippen LogP contribution < -0.4 is 15.1 Å². The quantitative estimate of drug-likeness (QED) is 0.392. The van der Waals surface area contributed by atoms with Crippen molar-refractivity contribution in [3.63, 3.8) is 0 Å². The van der Waals surface area contributed by atoms with E-state index in [4.69, 9.17) is 12.2 Å². The lowest BCUT2D eigenvalue weighted by molar-refractivity contribution is -0.122. The van der Waals surface area contributed by atoms with Crippen LogP contribution in [0.25, 0.3) is 11.6 Å². The Morgan fingerprint density at radius 3 is 2.39 bits per heavy atom. The number of nitrogens with one attached hydrogen (secondary N) is 1. The van der Waals surface area contributed by atoms with Gasteiger partial charge in [-0.05, 0) is 94.7 Å². The first kappa shape index (κ1) is 22.9. The van der Waals surface area contributed by atoms with Crippen molar-refractivity contribution in [2.75, 3.05) is 16.3 Å². The molecule has 2 amide bonds. The Bertz CT molecular complexity index is 1260. The number of hydrogen-bond donors (Lipinski definition) is 1. The van der Waals surface area contributed by atoms with Gasteiger partial charge in [-0.15, -0.1) is 0 Å². The van der Waals surface area contributed by atoms with Crippen LogP contribution in [0.2, 0.25) is 0 Å². The SMILES string of the molecule is CCN1c2ccc(/C=C3\C(=O)NC(=S)N(c4ccc(C)cc4C)C3=O)cc2C(C)=CC1(C)C. The van der Waals surface area contributed by atoms with Gasteiger partial charge in [-0.25, -0.2) is 0 Å². The van der Waals surface area contributed by atoms with Gasteiger partial charge in [-0.2, -0.15) is 0 Å². The second kappa shape index (κ2) is 8.27. The molecule has 2 aliphatic rings. The zero-order valence-corrected chi connectivity index (χ0v) is 20.8. The predicted octanol–water partition coefficient (Wildman–Crippen LogP) is 5.16. The third-order valence-electron chi connectivity index (χ3n) is 6.32. The first-order chi connectivity index (χ1) is 15.5. The lowest BCUT2D eigenvalue weighted by Crippen LogP contribution is -2.54. The average Bonchev–Trinajstić information content (AvgIpc) is 2.72. The van der Waals surface area contributed by atoms with Crippen LogP contribution >= 0.6 is 12.2 Å². The Hall–Kier alpha value is -3.25. The summed E-state index contributed by atoms with van der Waals surface area (Å²) in [5, 5.41) is 2.77. The average molecular weight is 460 g/mol. The summed E-state index contributed by atoms with van der Waals surface area (Å²) in [6, 6.07) is 11.8. The molecule has 0 bridgehead atoms. The number of fused-ring (bicyclic) bond motifs is 1. The number of allylic oxidation sites excluding steroid dienone is 1. The highest BCUT2D eigenvalue weighted by atomic mass is 32.1. The van der Waals surface area contributed by atoms with Gasteiger partial charge < -0.3 is 4.90 Å². The molecule has 2 aliphatic heterocycles. The molecule has 0 atom stereocenters. The monoisotopic (exact) mass is 459 g/mol. The fourth-order valence-electron chi connectivity index (χ4n) is 4.87. The van der Waals surface area contributed by atoms with Gasteiger partial charge in [0, 0.05) is 17.8 Å². The van der Waals surface area contributed by atoms with Crippen LogP contribution in [0.5, 0.6) is 0 Å². The number of aryl methyl sites for hydroxylation is 2. The van der Waals surface area contributed by atoms with Crippen molar-refractivity contribution < 1.29 is 9.59 Å². The molecule has 1 saturated heterocycles. The Balaban J connectivity index is 1.76. The number of carbonyl (C=O) groups excluding carboxylic acids is 2. The largest absolute Gasteiger partial charge is 0.363 e. The number of rotatable bonds is 3. The van der Waals surface area contributed by atoms with E-state index < -0.39 is 11.8 Å². The van der Waals surface area contributed by atoms with Crippen LogP contribution in [-0.2, 0) is 9.59 Å². The van der Waals surface area contributed by atoms with Crippen molar-refractivity contribution in [2.24, 2.45) is 0 Å². The second-order valence-corrected chi connectivity index (χ2v) is 9.64. The summed E-state index contributed by atoms with van der Waals surface area (Å²) >= 11 is 5.35. The fourth-order valence-corrected chi connectivity index (χ4v) is 5.14. The molecule has 4 rings (SSSR count). The molecule has 0 radical (unpaired) electrons. The van der Waals surface area contributed by atoms with E-state index in [0.29, 0.717) is 5.69 Å². The maximum atomic E-state index is 13.4. The second-order valence-electron chi connectivity index (χ2n) is 9.25. The number of anilines is 2. The Morgan fingerprint density at radius 1 is 1.03 bits per heavy atom. The Morgan fingerprint density at radius 2 is 1.73 bits per heavy atom. The van der Waals surface area contributed by atoms with Crippen LogP contribution in [0.15, 0.2) is 48.0 Å². The maximum absolute atomic E-state index is 13.4. The molecule has 2 aromatic rings. The van der Waals surface area contributed by atoms with E-state index in [-0.39, 0.29) is 16.2 Å². The first-order valence-electron chi connectivity index (χ1n) is 11.1. The minimum Gasteiger partial charge on any atom is -0.363 e. The summed E-state index contributed by atoms with van der Waals surface area (Å²) in [4.78, 5) is 29.9. The molecule has 0 unspecified atom stereocenters. The van der Waals surface area contributed by atoms with E-state index in [1.807, 2.05) is 44.2 Å². The van der Waals surface area contributed by atoms with Gasteiger partial charge in [-0.1, -0.05) is 29.8 Å². The predicted molar refractivity (Wildman–Crippen MR) is 139 cm³/mol. The molecule has 2 heterocycles. The van der Waals surface area contributed by atoms with Crippen molar-refractivity contribution >= 4 is 52.2 Å². The third-order valence-corrected chi connectivity index (χ3v) is 6.61. The number of amides is 2. The maximum Gasteiger partial charge on any atom is 0.270 e. The van der Waals surface area contributed by atoms with Gasteiger partial charge in [0.05, 0.1) is 11.2 Å². The first-order valence-corrected chi connectivity index (χ1v) is 11.5. The number of likely N-dealkylation sites (N-methyl/N-ethyl adjacent to an activating group) is 1. The standard InChI is InChI=1S/C27H29N3O2S/c1-7-29-23-11-9-19(13-20(23)18(4)15-27(29,5)6)14-21-24(31)28-26(33)30(25(21)32)22-10-8-16(2)12-17(22)3/h8-15H,7H2,1-6H3,(H,28,31,33)/b21-14+. The van der Waals surface area contributed by atoms with Gasteiger partial charge in [-0.3, -0.25) is 19.8 Å².